The summed E-state index contributed by atoms with van der Waals surface area (Å²) in [6.45, 7) is 8.07. The molecule has 2 aromatic heterocycles. The lowest BCUT2D eigenvalue weighted by Crippen LogP contribution is -2.34. The van der Waals surface area contributed by atoms with Gasteiger partial charge >= 0.3 is 0 Å². The molecule has 0 spiro atoms. The largest absolute Gasteiger partial charge is 0.494 e. The number of benzene rings is 2. The van der Waals surface area contributed by atoms with Gasteiger partial charge in [-0.05, 0) is 68.4 Å². The highest BCUT2D eigenvalue weighted by molar-refractivity contribution is 7.99. The van der Waals surface area contributed by atoms with Crippen molar-refractivity contribution in [1.82, 2.24) is 19.0 Å². The number of ether oxygens (including phenoxy) is 1. The molecule has 0 radical (unpaired) electrons. The molecule has 7 nitrogen and oxygen atoms in total. The Morgan fingerprint density at radius 2 is 1.65 bits per heavy atom. The van der Waals surface area contributed by atoms with Gasteiger partial charge in [-0.1, -0.05) is 55.1 Å². The van der Waals surface area contributed by atoms with Crippen LogP contribution in [0.4, 0.5) is 0 Å². The molecule has 0 saturated carbocycles. The van der Waals surface area contributed by atoms with Gasteiger partial charge in [0, 0.05) is 18.8 Å². The monoisotopic (exact) mass is 554 g/mol. The van der Waals surface area contributed by atoms with Crippen LogP contribution in [0.3, 0.4) is 0 Å². The first-order valence-electron chi connectivity index (χ1n) is 12.4. The third kappa shape index (κ3) is 5.97. The number of aromatic nitrogens is 3. The Labute approximate surface area is 229 Å². The summed E-state index contributed by atoms with van der Waals surface area (Å²) in [7, 11) is 0. The molecule has 0 aliphatic carbocycles. The molecule has 0 bridgehead atoms. The normalized spacial score (nSPS) is 11.1. The van der Waals surface area contributed by atoms with Crippen molar-refractivity contribution in [2.75, 3.05) is 25.4 Å². The Hall–Kier alpha value is -2.95. The first-order chi connectivity index (χ1) is 18.0. The van der Waals surface area contributed by atoms with E-state index in [2.05, 4.69) is 13.8 Å². The highest BCUT2D eigenvalue weighted by Gasteiger charge is 2.21. The number of carbonyl (C=O) groups excluding carboxylic acids is 1. The lowest BCUT2D eigenvalue weighted by atomic mass is 10.3. The minimum absolute atomic E-state index is 0.0383. The molecule has 2 heterocycles. The van der Waals surface area contributed by atoms with Gasteiger partial charge in [0.15, 0.2) is 14.8 Å². The van der Waals surface area contributed by atoms with Gasteiger partial charge in [-0.25, -0.2) is 4.98 Å². The van der Waals surface area contributed by atoms with Crippen LogP contribution in [-0.2, 0) is 4.79 Å². The zero-order valence-electron chi connectivity index (χ0n) is 21.2. The smallest absolute Gasteiger partial charge is 0.278 e. The van der Waals surface area contributed by atoms with Crippen molar-refractivity contribution in [3.05, 3.63) is 68.9 Å². The molecule has 0 N–H and O–H groups in total. The number of thioether (sulfide) groups is 1. The van der Waals surface area contributed by atoms with E-state index in [4.69, 9.17) is 21.9 Å². The summed E-state index contributed by atoms with van der Waals surface area (Å²) >= 11 is 8.20. The van der Waals surface area contributed by atoms with E-state index in [1.807, 2.05) is 71.0 Å². The molecular formula is C27H30N4O3S3. The zero-order valence-corrected chi connectivity index (χ0v) is 23.6. The zero-order chi connectivity index (χ0) is 26.4. The Balaban J connectivity index is 1.82. The number of fused-ring (bicyclic) bond motifs is 1. The minimum atomic E-state index is -0.203. The first-order valence-corrected chi connectivity index (χ1v) is 14.6. The molecule has 194 valence electrons. The quantitative estimate of drug-likeness (QED) is 0.127. The highest BCUT2D eigenvalue weighted by Crippen LogP contribution is 2.28. The number of rotatable bonds is 11. The third-order valence-electron chi connectivity index (χ3n) is 5.66. The fraction of sp³-hybridized carbons (Fsp3) is 0.333. The SMILES string of the molecule is CCCN(CCC)C(=O)CSc1nc2c(sc(=S)n2-c2ccc(OCC)cc2)c(=O)n1-c1ccccc1. The van der Waals surface area contributed by atoms with Crippen molar-refractivity contribution in [2.45, 2.75) is 38.8 Å². The summed E-state index contributed by atoms with van der Waals surface area (Å²) in [4.78, 5) is 33.6. The van der Waals surface area contributed by atoms with E-state index < -0.39 is 0 Å². The Morgan fingerprint density at radius 3 is 2.27 bits per heavy atom. The third-order valence-corrected chi connectivity index (χ3v) is 7.94. The van der Waals surface area contributed by atoms with Crippen LogP contribution in [-0.4, -0.2) is 50.4 Å². The van der Waals surface area contributed by atoms with Crippen molar-refractivity contribution in [3.63, 3.8) is 0 Å². The lowest BCUT2D eigenvalue weighted by Gasteiger charge is -2.21. The second-order valence-electron chi connectivity index (χ2n) is 8.32. The first kappa shape index (κ1) is 27.1. The second kappa shape index (κ2) is 12.5. The van der Waals surface area contributed by atoms with Gasteiger partial charge in [0.25, 0.3) is 5.56 Å². The summed E-state index contributed by atoms with van der Waals surface area (Å²) in [6, 6.07) is 16.9. The van der Waals surface area contributed by atoms with Crippen molar-refractivity contribution >= 4 is 51.6 Å². The molecule has 10 heteroatoms. The molecular weight excluding hydrogens is 525 g/mol. The number of amides is 1. The fourth-order valence-electron chi connectivity index (χ4n) is 4.04. The van der Waals surface area contributed by atoms with E-state index in [1.165, 1.54) is 23.1 Å². The number of nitrogens with zero attached hydrogens (tertiary/aromatic N) is 4. The van der Waals surface area contributed by atoms with Crippen molar-refractivity contribution in [2.24, 2.45) is 0 Å². The average Bonchev–Trinajstić information content (AvgIpc) is 3.24. The van der Waals surface area contributed by atoms with Crippen LogP contribution < -0.4 is 10.3 Å². The van der Waals surface area contributed by atoms with Crippen LogP contribution in [0, 0.1) is 3.95 Å². The number of thiazole rings is 1. The maximum absolute atomic E-state index is 13.8. The molecule has 0 fully saturated rings. The van der Waals surface area contributed by atoms with E-state index in [0.29, 0.717) is 44.8 Å². The molecule has 2 aromatic carbocycles. The molecule has 0 unspecified atom stereocenters. The lowest BCUT2D eigenvalue weighted by molar-refractivity contribution is -0.128. The van der Waals surface area contributed by atoms with E-state index >= 15 is 0 Å². The van der Waals surface area contributed by atoms with E-state index in [9.17, 15) is 9.59 Å². The maximum atomic E-state index is 13.8. The Bertz CT molecular complexity index is 1470. The Morgan fingerprint density at radius 1 is 1.00 bits per heavy atom. The van der Waals surface area contributed by atoms with Gasteiger partial charge in [0.05, 0.1) is 18.0 Å². The van der Waals surface area contributed by atoms with Crippen LogP contribution in [0.25, 0.3) is 21.7 Å². The second-order valence-corrected chi connectivity index (χ2v) is 10.9. The maximum Gasteiger partial charge on any atom is 0.278 e. The van der Waals surface area contributed by atoms with Gasteiger partial charge in [-0.3, -0.25) is 18.7 Å². The standard InChI is InChI=1S/C27H30N4O3S3/c1-4-16-29(17-5-2)22(32)18-36-26-28-24-23(25(33)31(26)19-10-8-7-9-11-19)37-27(35)30(24)20-12-14-21(15-13-20)34-6-3/h7-15H,4-6,16-18H2,1-3H3. The molecule has 0 aliphatic rings. The van der Waals surface area contributed by atoms with Gasteiger partial charge < -0.3 is 9.64 Å². The molecule has 0 aliphatic heterocycles. The summed E-state index contributed by atoms with van der Waals surface area (Å²) in [5.41, 5.74) is 1.78. The molecule has 4 rings (SSSR count). The van der Waals surface area contributed by atoms with Crippen molar-refractivity contribution in [1.29, 1.82) is 0 Å². The van der Waals surface area contributed by atoms with Crippen LogP contribution in [0.1, 0.15) is 33.6 Å². The fourth-order valence-corrected chi connectivity index (χ4v) is 6.25. The van der Waals surface area contributed by atoms with Gasteiger partial charge in [0.2, 0.25) is 5.91 Å². The van der Waals surface area contributed by atoms with Crippen LogP contribution >= 0.6 is 35.3 Å². The Kier molecular flexibility index (Phi) is 9.18. The highest BCUT2D eigenvalue weighted by atomic mass is 32.2. The molecule has 37 heavy (non-hydrogen) atoms. The topological polar surface area (TPSA) is 69.4 Å². The minimum Gasteiger partial charge on any atom is -0.494 e. The van der Waals surface area contributed by atoms with Crippen molar-refractivity contribution in [3.8, 4) is 17.1 Å². The molecule has 0 saturated heterocycles. The molecule has 1 amide bonds. The summed E-state index contributed by atoms with van der Waals surface area (Å²) in [5.74, 6) is 0.991. The van der Waals surface area contributed by atoms with Gasteiger partial charge in [-0.15, -0.1) is 0 Å². The van der Waals surface area contributed by atoms with Crippen molar-refractivity contribution < 1.29 is 9.53 Å². The number of hydrogen-bond donors (Lipinski definition) is 0. The summed E-state index contributed by atoms with van der Waals surface area (Å²) < 4.78 is 9.96. The number of para-hydroxylation sites is 1. The van der Waals surface area contributed by atoms with E-state index in [-0.39, 0.29) is 17.2 Å². The molecule has 4 aromatic rings. The summed E-state index contributed by atoms with van der Waals surface area (Å²) in [6.07, 6.45) is 1.79. The summed E-state index contributed by atoms with van der Waals surface area (Å²) in [5, 5.41) is 0.456. The van der Waals surface area contributed by atoms with Crippen LogP contribution in [0.5, 0.6) is 5.75 Å². The van der Waals surface area contributed by atoms with E-state index in [0.717, 1.165) is 24.3 Å². The number of hydrogen-bond acceptors (Lipinski definition) is 7. The number of carbonyl (C=O) groups is 1. The predicted molar refractivity (Wildman–Crippen MR) is 154 cm³/mol. The van der Waals surface area contributed by atoms with Gasteiger partial charge in [-0.2, -0.15) is 0 Å². The van der Waals surface area contributed by atoms with E-state index in [1.54, 1.807) is 4.57 Å². The van der Waals surface area contributed by atoms with Crippen LogP contribution in [0.15, 0.2) is 64.5 Å². The average molecular weight is 555 g/mol. The predicted octanol–water partition coefficient (Wildman–Crippen LogP) is 6.11. The van der Waals surface area contributed by atoms with Crippen LogP contribution in [0.2, 0.25) is 0 Å². The molecule has 0 atom stereocenters. The van der Waals surface area contributed by atoms with Gasteiger partial charge in [0.1, 0.15) is 10.4 Å².